The number of methoxy groups -OCH3 is 1. The minimum absolute atomic E-state index is 0.235. The summed E-state index contributed by atoms with van der Waals surface area (Å²) in [7, 11) is 1.49. The van der Waals surface area contributed by atoms with Gasteiger partial charge in [-0.3, -0.25) is 4.79 Å². The Hall–Kier alpha value is -1.95. The van der Waals surface area contributed by atoms with Gasteiger partial charge in [0.2, 0.25) is 5.88 Å². The lowest BCUT2D eigenvalue weighted by atomic mass is 10.3. The van der Waals surface area contributed by atoms with E-state index in [4.69, 9.17) is 4.74 Å². The van der Waals surface area contributed by atoms with E-state index in [0.29, 0.717) is 11.6 Å². The predicted molar refractivity (Wildman–Crippen MR) is 70.7 cm³/mol. The van der Waals surface area contributed by atoms with Gasteiger partial charge in [-0.15, -0.1) is 10.2 Å². The molecular weight excluding hydrogens is 298 g/mol. The summed E-state index contributed by atoms with van der Waals surface area (Å²) in [4.78, 5) is 11.8. The van der Waals surface area contributed by atoms with E-state index < -0.39 is 0 Å². The molecule has 0 aliphatic rings. The number of ether oxygens (including phenoxy) is 1. The maximum atomic E-state index is 11.8. The first kappa shape index (κ1) is 12.5. The molecule has 2 rings (SSSR count). The van der Waals surface area contributed by atoms with Crippen LogP contribution in [0.3, 0.4) is 0 Å². The molecule has 1 amide bonds. The molecule has 0 unspecified atom stereocenters. The largest absolute Gasteiger partial charge is 0.480 e. The summed E-state index contributed by atoms with van der Waals surface area (Å²) in [6, 6.07) is 10.4. The SMILES string of the molecule is COc1ccc(C(=O)Nc2ccc(Br)cc2)nn1. The van der Waals surface area contributed by atoms with Gasteiger partial charge in [0.25, 0.3) is 5.91 Å². The Morgan fingerprint density at radius 2 is 1.89 bits per heavy atom. The van der Waals surface area contributed by atoms with E-state index in [1.807, 2.05) is 12.1 Å². The highest BCUT2D eigenvalue weighted by Gasteiger charge is 2.08. The molecule has 5 nitrogen and oxygen atoms in total. The molecule has 0 bridgehead atoms. The number of rotatable bonds is 3. The Labute approximate surface area is 112 Å². The zero-order chi connectivity index (χ0) is 13.0. The summed E-state index contributed by atoms with van der Waals surface area (Å²) >= 11 is 3.32. The Bertz CT molecular complexity index is 540. The average molecular weight is 308 g/mol. The Morgan fingerprint density at radius 1 is 1.17 bits per heavy atom. The molecule has 0 saturated heterocycles. The molecule has 18 heavy (non-hydrogen) atoms. The van der Waals surface area contributed by atoms with Crippen LogP contribution in [0.5, 0.6) is 5.88 Å². The molecule has 0 radical (unpaired) electrons. The number of carbonyl (C=O) groups is 1. The summed E-state index contributed by atoms with van der Waals surface area (Å²) in [6.45, 7) is 0. The Kier molecular flexibility index (Phi) is 3.88. The lowest BCUT2D eigenvalue weighted by Crippen LogP contribution is -2.14. The zero-order valence-corrected chi connectivity index (χ0v) is 11.1. The van der Waals surface area contributed by atoms with Crippen LogP contribution in [0, 0.1) is 0 Å². The normalized spacial score (nSPS) is 9.89. The van der Waals surface area contributed by atoms with Crippen molar-refractivity contribution in [2.24, 2.45) is 0 Å². The molecule has 1 heterocycles. The summed E-state index contributed by atoms with van der Waals surface area (Å²) in [5, 5.41) is 10.2. The van der Waals surface area contributed by atoms with Crippen molar-refractivity contribution in [1.82, 2.24) is 10.2 Å². The van der Waals surface area contributed by atoms with Crippen LogP contribution in [0.1, 0.15) is 10.5 Å². The van der Waals surface area contributed by atoms with Crippen molar-refractivity contribution in [3.63, 3.8) is 0 Å². The van der Waals surface area contributed by atoms with Gasteiger partial charge >= 0.3 is 0 Å². The molecular formula is C12H10BrN3O2. The maximum Gasteiger partial charge on any atom is 0.276 e. The molecule has 1 aromatic heterocycles. The van der Waals surface area contributed by atoms with Gasteiger partial charge in [0.05, 0.1) is 7.11 Å². The van der Waals surface area contributed by atoms with Crippen molar-refractivity contribution in [2.75, 3.05) is 12.4 Å². The smallest absolute Gasteiger partial charge is 0.276 e. The van der Waals surface area contributed by atoms with Gasteiger partial charge in [-0.05, 0) is 30.3 Å². The minimum Gasteiger partial charge on any atom is -0.480 e. The molecule has 92 valence electrons. The van der Waals surface area contributed by atoms with Crippen LogP contribution in [0.4, 0.5) is 5.69 Å². The predicted octanol–water partition coefficient (Wildman–Crippen LogP) is 2.50. The van der Waals surface area contributed by atoms with E-state index in [-0.39, 0.29) is 11.6 Å². The van der Waals surface area contributed by atoms with Crippen molar-refractivity contribution >= 4 is 27.5 Å². The van der Waals surface area contributed by atoms with Gasteiger partial charge in [-0.2, -0.15) is 0 Å². The first-order valence-corrected chi connectivity index (χ1v) is 5.93. The van der Waals surface area contributed by atoms with E-state index in [0.717, 1.165) is 4.47 Å². The maximum absolute atomic E-state index is 11.8. The molecule has 0 fully saturated rings. The van der Waals surface area contributed by atoms with Crippen LogP contribution in [-0.4, -0.2) is 23.2 Å². The fourth-order valence-electron chi connectivity index (χ4n) is 1.28. The third-order valence-corrected chi connectivity index (χ3v) is 2.71. The zero-order valence-electron chi connectivity index (χ0n) is 9.55. The summed E-state index contributed by atoms with van der Waals surface area (Å²) in [5.41, 5.74) is 0.930. The minimum atomic E-state index is -0.313. The Balaban J connectivity index is 2.09. The topological polar surface area (TPSA) is 64.1 Å². The molecule has 0 atom stereocenters. The molecule has 0 aliphatic heterocycles. The number of hydrogen-bond donors (Lipinski definition) is 1. The van der Waals surface area contributed by atoms with E-state index >= 15 is 0 Å². The van der Waals surface area contributed by atoms with Crippen molar-refractivity contribution in [3.05, 3.63) is 46.6 Å². The van der Waals surface area contributed by atoms with Gasteiger partial charge in [-0.25, -0.2) is 0 Å². The number of anilines is 1. The number of benzene rings is 1. The van der Waals surface area contributed by atoms with Crippen LogP contribution in [0.2, 0.25) is 0 Å². The van der Waals surface area contributed by atoms with E-state index in [1.54, 1.807) is 24.3 Å². The average Bonchev–Trinajstić information content (AvgIpc) is 2.41. The number of nitrogens with zero attached hydrogens (tertiary/aromatic N) is 2. The van der Waals surface area contributed by atoms with Crippen LogP contribution < -0.4 is 10.1 Å². The second-order valence-electron chi connectivity index (χ2n) is 3.42. The second-order valence-corrected chi connectivity index (χ2v) is 4.34. The lowest BCUT2D eigenvalue weighted by molar-refractivity contribution is 0.102. The standard InChI is InChI=1S/C12H10BrN3O2/c1-18-11-7-6-10(15-16-11)12(17)14-9-4-2-8(13)3-5-9/h2-7H,1H3,(H,14,17). The fourth-order valence-corrected chi connectivity index (χ4v) is 1.54. The van der Waals surface area contributed by atoms with E-state index in [1.165, 1.54) is 7.11 Å². The van der Waals surface area contributed by atoms with Gasteiger partial charge < -0.3 is 10.1 Å². The molecule has 6 heteroatoms. The summed E-state index contributed by atoms with van der Waals surface area (Å²) < 4.78 is 5.82. The van der Waals surface area contributed by atoms with Gasteiger partial charge in [0, 0.05) is 16.2 Å². The molecule has 2 aromatic rings. The lowest BCUT2D eigenvalue weighted by Gasteiger charge is -2.04. The number of amides is 1. The fraction of sp³-hybridized carbons (Fsp3) is 0.0833. The van der Waals surface area contributed by atoms with E-state index in [9.17, 15) is 4.79 Å². The third kappa shape index (κ3) is 3.04. The van der Waals surface area contributed by atoms with Crippen molar-refractivity contribution < 1.29 is 9.53 Å². The van der Waals surface area contributed by atoms with Gasteiger partial charge in [-0.1, -0.05) is 15.9 Å². The third-order valence-electron chi connectivity index (χ3n) is 2.18. The number of carbonyl (C=O) groups excluding carboxylic acids is 1. The van der Waals surface area contributed by atoms with Crippen LogP contribution in [0.15, 0.2) is 40.9 Å². The molecule has 1 N–H and O–H groups in total. The van der Waals surface area contributed by atoms with E-state index in [2.05, 4.69) is 31.4 Å². The number of halogens is 1. The van der Waals surface area contributed by atoms with Crippen molar-refractivity contribution in [2.45, 2.75) is 0 Å². The highest BCUT2D eigenvalue weighted by molar-refractivity contribution is 9.10. The summed E-state index contributed by atoms with van der Waals surface area (Å²) in [6.07, 6.45) is 0. The van der Waals surface area contributed by atoms with Crippen LogP contribution >= 0.6 is 15.9 Å². The molecule has 1 aromatic carbocycles. The first-order valence-electron chi connectivity index (χ1n) is 5.13. The Morgan fingerprint density at radius 3 is 2.44 bits per heavy atom. The number of aromatic nitrogens is 2. The van der Waals surface area contributed by atoms with Gasteiger partial charge in [0.15, 0.2) is 5.69 Å². The molecule has 0 aliphatic carbocycles. The van der Waals surface area contributed by atoms with Crippen molar-refractivity contribution in [1.29, 1.82) is 0 Å². The highest BCUT2D eigenvalue weighted by Crippen LogP contribution is 2.14. The molecule has 0 saturated carbocycles. The second kappa shape index (κ2) is 5.59. The highest BCUT2D eigenvalue weighted by atomic mass is 79.9. The van der Waals surface area contributed by atoms with Crippen LogP contribution in [0.25, 0.3) is 0 Å². The summed E-state index contributed by atoms with van der Waals surface area (Å²) in [5.74, 6) is 0.0580. The molecule has 0 spiro atoms. The quantitative estimate of drug-likeness (QED) is 0.946. The monoisotopic (exact) mass is 307 g/mol. The van der Waals surface area contributed by atoms with Crippen LogP contribution in [-0.2, 0) is 0 Å². The first-order chi connectivity index (χ1) is 8.69. The number of hydrogen-bond acceptors (Lipinski definition) is 4. The van der Waals surface area contributed by atoms with Crippen molar-refractivity contribution in [3.8, 4) is 5.88 Å². The van der Waals surface area contributed by atoms with Gasteiger partial charge in [0.1, 0.15) is 0 Å². The number of nitrogens with one attached hydrogen (secondary N) is 1.